The van der Waals surface area contributed by atoms with E-state index in [-0.39, 0.29) is 37.3 Å². The number of amides is 3. The van der Waals surface area contributed by atoms with Gasteiger partial charge in [0.25, 0.3) is 0 Å². The lowest BCUT2D eigenvalue weighted by atomic mass is 10.0. The van der Waals surface area contributed by atoms with Crippen molar-refractivity contribution in [3.63, 3.8) is 0 Å². The fourth-order valence-corrected chi connectivity index (χ4v) is 3.40. The summed E-state index contributed by atoms with van der Waals surface area (Å²) in [5.41, 5.74) is -1.32. The molecule has 0 aromatic rings. The second kappa shape index (κ2) is 8.91. The molecule has 0 radical (unpaired) electrons. The van der Waals surface area contributed by atoms with E-state index < -0.39 is 11.2 Å². The molecule has 8 nitrogen and oxygen atoms in total. The Hall–Kier alpha value is -1.83. The molecular formula is C19H33N3O5. The van der Waals surface area contributed by atoms with Crippen molar-refractivity contribution < 1.29 is 24.2 Å². The summed E-state index contributed by atoms with van der Waals surface area (Å²) in [5.74, 6) is -0.301. The maximum absolute atomic E-state index is 12.3. The van der Waals surface area contributed by atoms with E-state index in [1.165, 1.54) is 0 Å². The van der Waals surface area contributed by atoms with Crippen LogP contribution < -0.4 is 5.32 Å². The molecule has 1 saturated heterocycles. The van der Waals surface area contributed by atoms with Crippen LogP contribution in [0.2, 0.25) is 0 Å². The highest BCUT2D eigenvalue weighted by Gasteiger charge is 2.31. The molecule has 1 aliphatic heterocycles. The van der Waals surface area contributed by atoms with E-state index in [2.05, 4.69) is 5.32 Å². The third-order valence-corrected chi connectivity index (χ3v) is 5.00. The highest BCUT2D eigenvalue weighted by atomic mass is 16.6. The molecule has 0 aromatic heterocycles. The third-order valence-electron chi connectivity index (χ3n) is 5.00. The fourth-order valence-electron chi connectivity index (χ4n) is 3.40. The van der Waals surface area contributed by atoms with Crippen LogP contribution in [0.4, 0.5) is 4.79 Å². The van der Waals surface area contributed by atoms with E-state index >= 15 is 0 Å². The first kappa shape index (κ1) is 21.5. The van der Waals surface area contributed by atoms with E-state index in [1.807, 2.05) is 20.8 Å². The molecule has 1 aliphatic carbocycles. The Kier molecular flexibility index (Phi) is 7.08. The Bertz CT molecular complexity index is 544. The average Bonchev–Trinajstić information content (AvgIpc) is 3.03. The number of aliphatic hydroxyl groups is 1. The van der Waals surface area contributed by atoms with Crippen molar-refractivity contribution in [3.05, 3.63) is 0 Å². The van der Waals surface area contributed by atoms with E-state index in [4.69, 9.17) is 4.74 Å². The van der Waals surface area contributed by atoms with Gasteiger partial charge in [-0.15, -0.1) is 0 Å². The van der Waals surface area contributed by atoms with Crippen molar-refractivity contribution in [2.24, 2.45) is 0 Å². The monoisotopic (exact) mass is 383 g/mol. The minimum Gasteiger partial charge on any atom is -0.444 e. The number of carbonyl (C=O) groups is 3. The number of carbonyl (C=O) groups excluding carboxylic acids is 3. The van der Waals surface area contributed by atoms with Gasteiger partial charge in [-0.2, -0.15) is 0 Å². The Morgan fingerprint density at radius 1 is 1.00 bits per heavy atom. The molecule has 0 bridgehead atoms. The summed E-state index contributed by atoms with van der Waals surface area (Å²) in [6, 6.07) is 0. The number of hydrogen-bond donors (Lipinski definition) is 2. The fraction of sp³-hybridized carbons (Fsp3) is 0.842. The second-order valence-corrected chi connectivity index (χ2v) is 8.56. The molecule has 1 saturated carbocycles. The second-order valence-electron chi connectivity index (χ2n) is 8.56. The molecule has 1 heterocycles. The lowest BCUT2D eigenvalue weighted by Crippen LogP contribution is -2.51. The van der Waals surface area contributed by atoms with Crippen molar-refractivity contribution in [1.82, 2.24) is 15.1 Å². The Morgan fingerprint density at radius 2 is 1.56 bits per heavy atom. The van der Waals surface area contributed by atoms with Crippen LogP contribution in [0, 0.1) is 0 Å². The van der Waals surface area contributed by atoms with Gasteiger partial charge in [-0.05, 0) is 33.6 Å². The highest BCUT2D eigenvalue weighted by molar-refractivity contribution is 5.84. The normalized spacial score (nSPS) is 19.7. The molecular weight excluding hydrogens is 350 g/mol. The van der Waals surface area contributed by atoms with Crippen molar-refractivity contribution in [3.8, 4) is 0 Å². The van der Waals surface area contributed by atoms with Crippen LogP contribution in [0.1, 0.15) is 59.3 Å². The molecule has 0 atom stereocenters. The van der Waals surface area contributed by atoms with Crippen molar-refractivity contribution >= 4 is 17.9 Å². The van der Waals surface area contributed by atoms with Gasteiger partial charge >= 0.3 is 6.09 Å². The zero-order valence-corrected chi connectivity index (χ0v) is 16.8. The van der Waals surface area contributed by atoms with Crippen molar-refractivity contribution in [2.45, 2.75) is 70.5 Å². The van der Waals surface area contributed by atoms with Gasteiger partial charge in [0.1, 0.15) is 5.60 Å². The van der Waals surface area contributed by atoms with Gasteiger partial charge in [0, 0.05) is 45.6 Å². The van der Waals surface area contributed by atoms with Gasteiger partial charge in [0.2, 0.25) is 11.8 Å². The maximum Gasteiger partial charge on any atom is 0.410 e. The van der Waals surface area contributed by atoms with Crippen molar-refractivity contribution in [2.75, 3.05) is 32.7 Å². The Labute approximate surface area is 161 Å². The van der Waals surface area contributed by atoms with Crippen LogP contribution in [0.3, 0.4) is 0 Å². The summed E-state index contributed by atoms with van der Waals surface area (Å²) in [4.78, 5) is 39.6. The quantitative estimate of drug-likeness (QED) is 0.745. The lowest BCUT2D eigenvalue weighted by Gasteiger charge is -2.35. The molecule has 0 aromatic carbocycles. The molecule has 2 fully saturated rings. The number of hydrogen-bond acceptors (Lipinski definition) is 5. The molecule has 0 spiro atoms. The molecule has 8 heteroatoms. The lowest BCUT2D eigenvalue weighted by molar-refractivity contribution is -0.135. The Balaban J connectivity index is 1.65. The summed E-state index contributed by atoms with van der Waals surface area (Å²) in [7, 11) is 0. The summed E-state index contributed by atoms with van der Waals surface area (Å²) in [6.45, 7) is 7.47. The Morgan fingerprint density at radius 3 is 2.11 bits per heavy atom. The largest absolute Gasteiger partial charge is 0.444 e. The molecule has 2 rings (SSSR count). The number of ether oxygens (including phenoxy) is 1. The topological polar surface area (TPSA) is 99.2 Å². The van der Waals surface area contributed by atoms with E-state index in [1.54, 1.807) is 9.80 Å². The van der Waals surface area contributed by atoms with Crippen LogP contribution in [0.5, 0.6) is 0 Å². The average molecular weight is 383 g/mol. The smallest absolute Gasteiger partial charge is 0.410 e. The van der Waals surface area contributed by atoms with Gasteiger partial charge in [-0.25, -0.2) is 4.79 Å². The summed E-state index contributed by atoms with van der Waals surface area (Å²) in [5, 5.41) is 13.0. The van der Waals surface area contributed by atoms with Gasteiger partial charge in [0.15, 0.2) is 0 Å². The SMILES string of the molecule is CC(C)(C)OC(=O)N1CCN(C(=O)CCC(=O)NCC2(O)CCCC2)CC1. The third kappa shape index (κ3) is 7.01. The van der Waals surface area contributed by atoms with E-state index in [0.717, 1.165) is 12.8 Å². The predicted molar refractivity (Wildman–Crippen MR) is 100 cm³/mol. The molecule has 2 N–H and O–H groups in total. The van der Waals surface area contributed by atoms with E-state index in [0.29, 0.717) is 39.0 Å². The van der Waals surface area contributed by atoms with Gasteiger partial charge in [-0.1, -0.05) is 12.8 Å². The van der Waals surface area contributed by atoms with Crippen LogP contribution in [0.25, 0.3) is 0 Å². The number of nitrogens with zero attached hydrogens (tertiary/aromatic N) is 2. The van der Waals surface area contributed by atoms with Gasteiger partial charge < -0.3 is 25.0 Å². The first-order valence-corrected chi connectivity index (χ1v) is 9.83. The molecule has 3 amide bonds. The zero-order chi connectivity index (χ0) is 20.1. The highest BCUT2D eigenvalue weighted by Crippen LogP contribution is 2.28. The molecule has 27 heavy (non-hydrogen) atoms. The minimum absolute atomic E-state index is 0.0893. The zero-order valence-electron chi connectivity index (χ0n) is 16.8. The molecule has 2 aliphatic rings. The summed E-state index contributed by atoms with van der Waals surface area (Å²) >= 11 is 0. The molecule has 154 valence electrons. The summed E-state index contributed by atoms with van der Waals surface area (Å²) < 4.78 is 5.34. The maximum atomic E-state index is 12.3. The van der Waals surface area contributed by atoms with Crippen LogP contribution >= 0.6 is 0 Å². The first-order chi connectivity index (χ1) is 12.6. The van der Waals surface area contributed by atoms with Gasteiger partial charge in [-0.3, -0.25) is 9.59 Å². The van der Waals surface area contributed by atoms with Crippen molar-refractivity contribution in [1.29, 1.82) is 0 Å². The van der Waals surface area contributed by atoms with Crippen LogP contribution in [-0.4, -0.2) is 76.7 Å². The number of nitrogens with one attached hydrogen (secondary N) is 1. The minimum atomic E-state index is -0.780. The van der Waals surface area contributed by atoms with E-state index in [9.17, 15) is 19.5 Å². The number of piperazine rings is 1. The molecule has 0 unspecified atom stereocenters. The van der Waals surface area contributed by atoms with Crippen LogP contribution in [-0.2, 0) is 14.3 Å². The number of rotatable bonds is 5. The van der Waals surface area contributed by atoms with Crippen LogP contribution in [0.15, 0.2) is 0 Å². The first-order valence-electron chi connectivity index (χ1n) is 9.83. The standard InChI is InChI=1S/C19H33N3O5/c1-18(2,3)27-17(25)22-12-10-21(11-13-22)16(24)7-6-15(23)20-14-19(26)8-4-5-9-19/h26H,4-14H2,1-3H3,(H,20,23). The van der Waals surface area contributed by atoms with Gasteiger partial charge in [0.05, 0.1) is 5.60 Å². The summed E-state index contributed by atoms with van der Waals surface area (Å²) in [6.07, 6.45) is 3.29. The predicted octanol–water partition coefficient (Wildman–Crippen LogP) is 1.27.